The Hall–Kier alpha value is -4.12. The number of aliphatic carboxylic acids is 1. The van der Waals surface area contributed by atoms with Gasteiger partial charge in [0.2, 0.25) is 0 Å². The fraction of sp³-hybridized carbons (Fsp3) is 0.143. The van der Waals surface area contributed by atoms with Gasteiger partial charge < -0.3 is 20.3 Å². The molecule has 0 unspecified atom stereocenters. The number of nitriles is 1. The van der Waals surface area contributed by atoms with E-state index in [4.69, 9.17) is 9.84 Å². The van der Waals surface area contributed by atoms with Gasteiger partial charge in [0.05, 0.1) is 5.92 Å². The summed E-state index contributed by atoms with van der Waals surface area (Å²) in [5.41, 5.74) is -0.406. The smallest absolute Gasteiger partial charge is 0.308 e. The number of carbonyl (C=O) groups excluding carboxylic acids is 1. The van der Waals surface area contributed by atoms with Crippen molar-refractivity contribution in [2.24, 2.45) is 5.92 Å². The molecule has 0 saturated carbocycles. The number of para-hydroxylation sites is 1. The highest BCUT2D eigenvalue weighted by molar-refractivity contribution is 6.03. The molecule has 3 aromatic rings. The van der Waals surface area contributed by atoms with Crippen LogP contribution in [0.4, 0.5) is 0 Å². The average Bonchev–Trinajstić information content (AvgIpc) is 2.72. The lowest BCUT2D eigenvalue weighted by molar-refractivity contribution is -0.140. The fourth-order valence-electron chi connectivity index (χ4n) is 2.63. The minimum Gasteiger partial charge on any atom is -0.505 e. The Kier molecular flexibility index (Phi) is 5.60. The van der Waals surface area contributed by atoms with E-state index in [1.54, 1.807) is 24.3 Å². The van der Waals surface area contributed by atoms with E-state index in [1.807, 2.05) is 24.3 Å². The predicted molar refractivity (Wildman–Crippen MR) is 104 cm³/mol. The number of rotatable bonds is 6. The van der Waals surface area contributed by atoms with Crippen molar-refractivity contribution in [2.45, 2.75) is 6.92 Å². The molecule has 8 heteroatoms. The van der Waals surface area contributed by atoms with E-state index >= 15 is 0 Å². The summed E-state index contributed by atoms with van der Waals surface area (Å²) >= 11 is 0. The Morgan fingerprint density at radius 3 is 2.55 bits per heavy atom. The van der Waals surface area contributed by atoms with E-state index in [2.05, 4.69) is 10.3 Å². The third-order valence-corrected chi connectivity index (χ3v) is 4.24. The van der Waals surface area contributed by atoms with E-state index in [0.717, 1.165) is 0 Å². The average molecular weight is 391 g/mol. The first-order valence-electron chi connectivity index (χ1n) is 8.71. The minimum absolute atomic E-state index is 0.0623. The van der Waals surface area contributed by atoms with Gasteiger partial charge in [0.15, 0.2) is 11.4 Å². The number of pyridine rings is 1. The van der Waals surface area contributed by atoms with Crippen molar-refractivity contribution in [1.82, 2.24) is 10.3 Å². The number of carboxylic acids is 1. The van der Waals surface area contributed by atoms with Crippen LogP contribution in [0.2, 0.25) is 0 Å². The van der Waals surface area contributed by atoms with Gasteiger partial charge in [-0.25, -0.2) is 4.98 Å². The Morgan fingerprint density at radius 1 is 1.17 bits per heavy atom. The molecule has 3 N–H and O–H groups in total. The van der Waals surface area contributed by atoms with Crippen LogP contribution in [0.1, 0.15) is 23.1 Å². The van der Waals surface area contributed by atoms with Gasteiger partial charge in [0, 0.05) is 17.3 Å². The summed E-state index contributed by atoms with van der Waals surface area (Å²) in [6.07, 6.45) is 0. The molecule has 0 aliphatic heterocycles. The molecule has 29 heavy (non-hydrogen) atoms. The minimum atomic E-state index is -1.07. The molecule has 0 saturated heterocycles. The summed E-state index contributed by atoms with van der Waals surface area (Å²) in [5, 5.41) is 31.9. The Labute approximate surface area is 166 Å². The standard InChI is InChI=1S/C21H17N3O5/c1-12(21(27)28)11-23-20(26)18-19(25)15-8-7-14(9-16(15)17(10-22)24-18)29-13-5-3-2-4-6-13/h2-9,12,25H,11H2,1H3,(H,23,26)(H,27,28)/t12-/m0/s1. The van der Waals surface area contributed by atoms with Gasteiger partial charge in [-0.05, 0) is 30.3 Å². The molecule has 1 aromatic heterocycles. The Morgan fingerprint density at radius 2 is 1.90 bits per heavy atom. The number of carboxylic acid groups (broad SMARTS) is 1. The van der Waals surface area contributed by atoms with Crippen LogP contribution in [0.5, 0.6) is 17.2 Å². The summed E-state index contributed by atoms with van der Waals surface area (Å²) in [7, 11) is 0. The fourth-order valence-corrected chi connectivity index (χ4v) is 2.63. The van der Waals surface area contributed by atoms with Crippen LogP contribution in [0.25, 0.3) is 10.8 Å². The maximum atomic E-state index is 12.4. The topological polar surface area (TPSA) is 133 Å². The van der Waals surface area contributed by atoms with E-state index in [-0.39, 0.29) is 23.3 Å². The molecule has 0 fully saturated rings. The number of fused-ring (bicyclic) bond motifs is 1. The number of ether oxygens (including phenoxy) is 1. The lowest BCUT2D eigenvalue weighted by Crippen LogP contribution is -2.32. The van der Waals surface area contributed by atoms with Gasteiger partial charge in [-0.1, -0.05) is 25.1 Å². The second kappa shape index (κ2) is 8.27. The number of aromatic hydroxyl groups is 1. The van der Waals surface area contributed by atoms with Crippen LogP contribution in [-0.2, 0) is 4.79 Å². The summed E-state index contributed by atoms with van der Waals surface area (Å²) in [6.45, 7) is 1.30. The third-order valence-electron chi connectivity index (χ3n) is 4.24. The van der Waals surface area contributed by atoms with Crippen LogP contribution in [0.15, 0.2) is 48.5 Å². The van der Waals surface area contributed by atoms with Gasteiger partial charge in [0.1, 0.15) is 23.3 Å². The molecule has 0 aliphatic rings. The van der Waals surface area contributed by atoms with Crippen molar-refractivity contribution >= 4 is 22.6 Å². The van der Waals surface area contributed by atoms with Crippen molar-refractivity contribution in [1.29, 1.82) is 5.26 Å². The SMILES string of the molecule is C[C@@H](CNC(=O)c1nc(C#N)c2cc(Oc3ccccc3)ccc2c1O)C(=O)O. The predicted octanol–water partition coefficient (Wildman–Crippen LogP) is 3.05. The van der Waals surface area contributed by atoms with Gasteiger partial charge in [0.25, 0.3) is 5.91 Å². The lowest BCUT2D eigenvalue weighted by atomic mass is 10.1. The quantitative estimate of drug-likeness (QED) is 0.588. The molecule has 0 spiro atoms. The summed E-state index contributed by atoms with van der Waals surface area (Å²) in [5.74, 6) is -2.00. The molecule has 1 atom stereocenters. The van der Waals surface area contributed by atoms with Crippen molar-refractivity contribution in [2.75, 3.05) is 6.54 Å². The Bertz CT molecular complexity index is 1120. The van der Waals surface area contributed by atoms with Crippen molar-refractivity contribution in [3.05, 3.63) is 59.9 Å². The van der Waals surface area contributed by atoms with Crippen LogP contribution in [0, 0.1) is 17.2 Å². The van der Waals surface area contributed by atoms with Gasteiger partial charge >= 0.3 is 5.97 Å². The summed E-state index contributed by atoms with van der Waals surface area (Å²) in [6, 6.07) is 15.6. The second-order valence-electron chi connectivity index (χ2n) is 6.34. The van der Waals surface area contributed by atoms with Gasteiger partial charge in [-0.15, -0.1) is 0 Å². The highest BCUT2D eigenvalue weighted by Gasteiger charge is 2.21. The molecule has 1 heterocycles. The van der Waals surface area contributed by atoms with E-state index in [1.165, 1.54) is 13.0 Å². The van der Waals surface area contributed by atoms with Crippen molar-refractivity contribution in [3.8, 4) is 23.3 Å². The molecule has 0 bridgehead atoms. The number of nitrogens with one attached hydrogen (secondary N) is 1. The molecule has 1 amide bonds. The highest BCUT2D eigenvalue weighted by Crippen LogP contribution is 2.33. The molecule has 0 aliphatic carbocycles. The summed E-state index contributed by atoms with van der Waals surface area (Å²) < 4.78 is 5.74. The van der Waals surface area contributed by atoms with Crippen LogP contribution in [-0.4, -0.2) is 33.6 Å². The van der Waals surface area contributed by atoms with Crippen LogP contribution >= 0.6 is 0 Å². The number of hydrogen-bond donors (Lipinski definition) is 3. The van der Waals surface area contributed by atoms with E-state index < -0.39 is 23.5 Å². The zero-order chi connectivity index (χ0) is 21.0. The first-order valence-corrected chi connectivity index (χ1v) is 8.71. The van der Waals surface area contributed by atoms with Crippen LogP contribution < -0.4 is 10.1 Å². The molecule has 0 radical (unpaired) electrons. The van der Waals surface area contributed by atoms with Crippen molar-refractivity contribution in [3.63, 3.8) is 0 Å². The zero-order valence-corrected chi connectivity index (χ0v) is 15.4. The lowest BCUT2D eigenvalue weighted by Gasteiger charge is -2.12. The largest absolute Gasteiger partial charge is 0.505 e. The van der Waals surface area contributed by atoms with E-state index in [9.17, 15) is 20.0 Å². The second-order valence-corrected chi connectivity index (χ2v) is 6.34. The first-order chi connectivity index (χ1) is 13.9. The van der Waals surface area contributed by atoms with E-state index in [0.29, 0.717) is 16.9 Å². The molecular weight excluding hydrogens is 374 g/mol. The van der Waals surface area contributed by atoms with Crippen molar-refractivity contribution < 1.29 is 24.5 Å². The molecule has 2 aromatic carbocycles. The zero-order valence-electron chi connectivity index (χ0n) is 15.4. The number of aromatic nitrogens is 1. The molecule has 8 nitrogen and oxygen atoms in total. The number of carbonyl (C=O) groups is 2. The Balaban J connectivity index is 1.95. The normalized spacial score (nSPS) is 11.4. The highest BCUT2D eigenvalue weighted by atomic mass is 16.5. The number of hydrogen-bond acceptors (Lipinski definition) is 6. The summed E-state index contributed by atoms with van der Waals surface area (Å²) in [4.78, 5) is 27.2. The van der Waals surface area contributed by atoms with Crippen LogP contribution in [0.3, 0.4) is 0 Å². The van der Waals surface area contributed by atoms with Gasteiger partial charge in [-0.3, -0.25) is 9.59 Å². The number of amides is 1. The molecule has 3 rings (SSSR count). The van der Waals surface area contributed by atoms with Gasteiger partial charge in [-0.2, -0.15) is 5.26 Å². The molecule has 146 valence electrons. The maximum Gasteiger partial charge on any atom is 0.308 e. The first kappa shape index (κ1) is 19.6. The number of benzene rings is 2. The third kappa shape index (κ3) is 4.25. The monoisotopic (exact) mass is 391 g/mol. The maximum absolute atomic E-state index is 12.4. The molecular formula is C21H17N3O5. The number of nitrogens with zero attached hydrogens (tertiary/aromatic N) is 2.